The third-order valence-electron chi connectivity index (χ3n) is 2.69. The summed E-state index contributed by atoms with van der Waals surface area (Å²) < 4.78 is 5.19. The summed E-state index contributed by atoms with van der Waals surface area (Å²) in [7, 11) is 1.54. The molecule has 0 unspecified atom stereocenters. The zero-order valence-corrected chi connectivity index (χ0v) is 13.0. The molecular weight excluding hydrogens is 272 g/mol. The Morgan fingerprint density at radius 2 is 1.80 bits per heavy atom. The molecule has 0 spiro atoms. The van der Waals surface area contributed by atoms with E-state index in [2.05, 4.69) is 0 Å². The lowest BCUT2D eigenvalue weighted by atomic mass is 10.0. The van der Waals surface area contributed by atoms with Crippen LogP contribution in [0.2, 0.25) is 5.02 Å². The van der Waals surface area contributed by atoms with Gasteiger partial charge in [-0.15, -0.1) is 0 Å². The SMILES string of the molecule is CC.COc1ccc(Cl)cc1C(=O)c1cccc(C)c1. The molecule has 0 aliphatic heterocycles. The van der Waals surface area contributed by atoms with Crippen LogP contribution in [0.1, 0.15) is 35.3 Å². The van der Waals surface area contributed by atoms with Gasteiger partial charge >= 0.3 is 0 Å². The van der Waals surface area contributed by atoms with E-state index >= 15 is 0 Å². The fraction of sp³-hybridized carbons (Fsp3) is 0.235. The first kappa shape index (κ1) is 16.3. The van der Waals surface area contributed by atoms with Crippen LogP contribution in [0.3, 0.4) is 0 Å². The van der Waals surface area contributed by atoms with Crippen LogP contribution in [0.15, 0.2) is 42.5 Å². The minimum atomic E-state index is -0.0851. The second-order valence-electron chi connectivity index (χ2n) is 4.04. The Labute approximate surface area is 125 Å². The Balaban J connectivity index is 0.000000956. The maximum atomic E-state index is 12.4. The van der Waals surface area contributed by atoms with Crippen molar-refractivity contribution in [3.05, 3.63) is 64.2 Å². The van der Waals surface area contributed by atoms with Crippen LogP contribution in [0.5, 0.6) is 5.75 Å². The summed E-state index contributed by atoms with van der Waals surface area (Å²) in [4.78, 5) is 12.4. The minimum Gasteiger partial charge on any atom is -0.496 e. The van der Waals surface area contributed by atoms with Crippen molar-refractivity contribution >= 4 is 17.4 Å². The molecule has 0 aliphatic carbocycles. The zero-order valence-electron chi connectivity index (χ0n) is 12.2. The zero-order chi connectivity index (χ0) is 15.1. The first-order valence-electron chi connectivity index (χ1n) is 6.56. The van der Waals surface area contributed by atoms with E-state index in [9.17, 15) is 4.79 Å². The molecule has 2 aromatic carbocycles. The van der Waals surface area contributed by atoms with Gasteiger partial charge in [0.1, 0.15) is 5.75 Å². The van der Waals surface area contributed by atoms with Crippen LogP contribution in [-0.4, -0.2) is 12.9 Å². The van der Waals surface area contributed by atoms with Crippen LogP contribution in [-0.2, 0) is 0 Å². The molecule has 2 aromatic rings. The van der Waals surface area contributed by atoms with Gasteiger partial charge in [0.2, 0.25) is 0 Å². The predicted octanol–water partition coefficient (Wildman–Crippen LogP) is 4.91. The van der Waals surface area contributed by atoms with Gasteiger partial charge in [0.25, 0.3) is 0 Å². The molecular formula is C17H19ClO2. The number of ketones is 1. The molecule has 0 aliphatic rings. The smallest absolute Gasteiger partial charge is 0.196 e. The predicted molar refractivity (Wildman–Crippen MR) is 84.0 cm³/mol. The van der Waals surface area contributed by atoms with E-state index < -0.39 is 0 Å². The van der Waals surface area contributed by atoms with Gasteiger partial charge in [-0.1, -0.05) is 49.2 Å². The molecule has 0 atom stereocenters. The maximum Gasteiger partial charge on any atom is 0.196 e. The number of aryl methyl sites for hydroxylation is 1. The van der Waals surface area contributed by atoms with Gasteiger partial charge in [0.05, 0.1) is 12.7 Å². The van der Waals surface area contributed by atoms with Crippen molar-refractivity contribution < 1.29 is 9.53 Å². The molecule has 20 heavy (non-hydrogen) atoms. The summed E-state index contributed by atoms with van der Waals surface area (Å²) in [5, 5.41) is 0.520. The highest BCUT2D eigenvalue weighted by Crippen LogP contribution is 2.25. The number of carbonyl (C=O) groups excluding carboxylic acids is 1. The van der Waals surface area contributed by atoms with E-state index in [1.165, 1.54) is 7.11 Å². The number of hydrogen-bond acceptors (Lipinski definition) is 2. The summed E-state index contributed by atoms with van der Waals surface area (Å²) in [6.07, 6.45) is 0. The molecule has 0 radical (unpaired) electrons. The summed E-state index contributed by atoms with van der Waals surface area (Å²) in [5.41, 5.74) is 2.16. The van der Waals surface area contributed by atoms with Gasteiger partial charge in [0.15, 0.2) is 5.78 Å². The monoisotopic (exact) mass is 290 g/mol. The molecule has 0 N–H and O–H groups in total. The van der Waals surface area contributed by atoms with E-state index in [1.54, 1.807) is 24.3 Å². The van der Waals surface area contributed by atoms with Crippen LogP contribution < -0.4 is 4.74 Å². The highest BCUT2D eigenvalue weighted by molar-refractivity contribution is 6.31. The minimum absolute atomic E-state index is 0.0851. The van der Waals surface area contributed by atoms with Gasteiger partial charge in [-0.2, -0.15) is 0 Å². The van der Waals surface area contributed by atoms with Crippen molar-refractivity contribution in [1.29, 1.82) is 0 Å². The van der Waals surface area contributed by atoms with Gasteiger partial charge in [-0.05, 0) is 31.2 Å². The largest absolute Gasteiger partial charge is 0.496 e. The average molecular weight is 291 g/mol. The first-order chi connectivity index (χ1) is 9.61. The summed E-state index contributed by atoms with van der Waals surface area (Å²) in [6.45, 7) is 5.95. The lowest BCUT2D eigenvalue weighted by Crippen LogP contribution is -2.04. The number of methoxy groups -OCH3 is 1. The number of ether oxygens (including phenoxy) is 1. The molecule has 0 amide bonds. The Morgan fingerprint density at radius 3 is 2.40 bits per heavy atom. The quantitative estimate of drug-likeness (QED) is 0.750. The van der Waals surface area contributed by atoms with Gasteiger partial charge in [0, 0.05) is 10.6 Å². The molecule has 2 rings (SSSR count). The molecule has 0 saturated carbocycles. The highest BCUT2D eigenvalue weighted by Gasteiger charge is 2.14. The van der Waals surface area contributed by atoms with E-state index in [0.717, 1.165) is 5.56 Å². The third-order valence-corrected chi connectivity index (χ3v) is 2.92. The number of hydrogen-bond donors (Lipinski definition) is 0. The Kier molecular flexibility index (Phi) is 6.26. The number of carbonyl (C=O) groups is 1. The highest BCUT2D eigenvalue weighted by atomic mass is 35.5. The standard InChI is InChI=1S/C15H13ClO2.C2H6/c1-10-4-3-5-11(8-10)15(17)13-9-12(16)6-7-14(13)18-2;1-2/h3-9H,1-2H3;1-2H3. The molecule has 0 bridgehead atoms. The Bertz CT molecular complexity index is 591. The first-order valence-corrected chi connectivity index (χ1v) is 6.94. The second kappa shape index (κ2) is 7.71. The molecule has 2 nitrogen and oxygen atoms in total. The number of rotatable bonds is 3. The van der Waals surface area contributed by atoms with Crippen LogP contribution >= 0.6 is 11.6 Å². The molecule has 0 saturated heterocycles. The van der Waals surface area contributed by atoms with Crippen LogP contribution in [0.4, 0.5) is 0 Å². The van der Waals surface area contributed by atoms with Crippen molar-refractivity contribution in [1.82, 2.24) is 0 Å². The van der Waals surface area contributed by atoms with Crippen molar-refractivity contribution in [2.45, 2.75) is 20.8 Å². The van der Waals surface area contributed by atoms with Crippen molar-refractivity contribution in [2.75, 3.05) is 7.11 Å². The second-order valence-corrected chi connectivity index (χ2v) is 4.48. The van der Waals surface area contributed by atoms with Crippen molar-refractivity contribution in [3.63, 3.8) is 0 Å². The Hall–Kier alpha value is -1.80. The van der Waals surface area contributed by atoms with Crippen molar-refractivity contribution in [2.24, 2.45) is 0 Å². The fourth-order valence-corrected chi connectivity index (χ4v) is 1.97. The third kappa shape index (κ3) is 3.84. The fourth-order valence-electron chi connectivity index (χ4n) is 1.80. The van der Waals surface area contributed by atoms with Gasteiger partial charge in [-0.25, -0.2) is 0 Å². The average Bonchev–Trinajstić information content (AvgIpc) is 2.48. The maximum absolute atomic E-state index is 12.4. The lowest BCUT2D eigenvalue weighted by molar-refractivity contribution is 0.103. The lowest BCUT2D eigenvalue weighted by Gasteiger charge is -2.08. The summed E-state index contributed by atoms with van der Waals surface area (Å²) in [5.74, 6) is 0.448. The van der Waals surface area contributed by atoms with Crippen molar-refractivity contribution in [3.8, 4) is 5.75 Å². The van der Waals surface area contributed by atoms with Gasteiger partial charge in [-0.3, -0.25) is 4.79 Å². The molecule has 106 valence electrons. The summed E-state index contributed by atoms with van der Waals surface area (Å²) >= 11 is 5.93. The normalized spacial score (nSPS) is 9.45. The molecule has 0 fully saturated rings. The number of halogens is 1. The molecule has 0 heterocycles. The van der Waals surface area contributed by atoms with E-state index in [1.807, 2.05) is 39.0 Å². The summed E-state index contributed by atoms with van der Waals surface area (Å²) in [6, 6.07) is 12.5. The van der Waals surface area contributed by atoms with Crippen LogP contribution in [0.25, 0.3) is 0 Å². The van der Waals surface area contributed by atoms with E-state index in [-0.39, 0.29) is 5.78 Å². The topological polar surface area (TPSA) is 26.3 Å². The molecule has 0 aromatic heterocycles. The van der Waals surface area contributed by atoms with Crippen LogP contribution in [0, 0.1) is 6.92 Å². The number of benzene rings is 2. The van der Waals surface area contributed by atoms with Gasteiger partial charge < -0.3 is 4.74 Å². The van der Waals surface area contributed by atoms with E-state index in [0.29, 0.717) is 21.9 Å². The Morgan fingerprint density at radius 1 is 1.10 bits per heavy atom. The van der Waals surface area contributed by atoms with E-state index in [4.69, 9.17) is 16.3 Å². The molecule has 3 heteroatoms.